The van der Waals surface area contributed by atoms with Crippen LogP contribution in [0.1, 0.15) is 35.2 Å². The minimum Gasteiger partial charge on any atom is -0.370 e. The molecule has 3 N–H and O–H groups in total. The number of likely N-dealkylation sites (tertiary alicyclic amines) is 1. The highest BCUT2D eigenvalue weighted by Gasteiger charge is 2.23. The van der Waals surface area contributed by atoms with E-state index in [0.717, 1.165) is 37.5 Å². The molecule has 1 aromatic carbocycles. The van der Waals surface area contributed by atoms with Gasteiger partial charge in [-0.05, 0) is 36.5 Å². The molecule has 0 aliphatic carbocycles. The van der Waals surface area contributed by atoms with Gasteiger partial charge in [0, 0.05) is 52.8 Å². The number of piperidine rings is 1. The summed E-state index contributed by atoms with van der Waals surface area (Å²) in [6.07, 6.45) is 2.48. The van der Waals surface area contributed by atoms with E-state index in [-0.39, 0.29) is 17.7 Å². The Hall–Kier alpha value is -2.57. The second-order valence-corrected chi connectivity index (χ2v) is 6.92. The van der Waals surface area contributed by atoms with E-state index in [1.54, 1.807) is 26.0 Å². The van der Waals surface area contributed by atoms with Crippen molar-refractivity contribution < 1.29 is 9.59 Å². The van der Waals surface area contributed by atoms with Crippen LogP contribution in [0.25, 0.3) is 0 Å². The van der Waals surface area contributed by atoms with E-state index in [1.807, 2.05) is 24.3 Å². The number of guanidine groups is 1. The molecular formula is C19H29N5O2. The second kappa shape index (κ2) is 9.22. The Morgan fingerprint density at radius 2 is 2.00 bits per heavy atom. The zero-order valence-corrected chi connectivity index (χ0v) is 15.9. The normalized spacial score (nSPS) is 17.7. The molecule has 1 heterocycles. The van der Waals surface area contributed by atoms with Crippen LogP contribution in [-0.2, 0) is 11.3 Å². The summed E-state index contributed by atoms with van der Waals surface area (Å²) in [6.45, 7) is 2.34. The maximum absolute atomic E-state index is 11.9. The zero-order valence-electron chi connectivity index (χ0n) is 15.9. The molecule has 142 valence electrons. The lowest BCUT2D eigenvalue weighted by molar-refractivity contribution is -0.119. The van der Waals surface area contributed by atoms with Crippen molar-refractivity contribution in [2.24, 2.45) is 16.6 Å². The van der Waals surface area contributed by atoms with Crippen molar-refractivity contribution >= 4 is 17.8 Å². The van der Waals surface area contributed by atoms with Crippen molar-refractivity contribution in [3.63, 3.8) is 0 Å². The van der Waals surface area contributed by atoms with E-state index >= 15 is 0 Å². The standard InChI is InChI=1S/C19H29N5O2/c1-21-19(24-10-4-5-15(13-24)11-17(20)25)22-12-14-6-8-16(9-7-14)18(26)23(2)3/h6-9,15H,4-5,10-13H2,1-3H3,(H2,20,25)(H,21,22). The molecule has 0 aromatic heterocycles. The molecule has 1 aromatic rings. The van der Waals surface area contributed by atoms with Crippen LogP contribution in [-0.4, -0.2) is 61.8 Å². The van der Waals surface area contributed by atoms with Gasteiger partial charge in [0.15, 0.2) is 5.96 Å². The van der Waals surface area contributed by atoms with Crippen molar-refractivity contribution in [2.45, 2.75) is 25.8 Å². The van der Waals surface area contributed by atoms with Gasteiger partial charge in [-0.15, -0.1) is 0 Å². The Balaban J connectivity index is 1.92. The number of amides is 2. The lowest BCUT2D eigenvalue weighted by Gasteiger charge is -2.34. The van der Waals surface area contributed by atoms with Gasteiger partial charge in [0.1, 0.15) is 0 Å². The molecule has 7 nitrogen and oxygen atoms in total. The first kappa shape index (κ1) is 19.8. The molecule has 1 aliphatic heterocycles. The van der Waals surface area contributed by atoms with Crippen molar-refractivity contribution in [2.75, 3.05) is 34.2 Å². The third-order valence-electron chi connectivity index (χ3n) is 4.58. The topological polar surface area (TPSA) is 91.0 Å². The Morgan fingerprint density at radius 1 is 1.31 bits per heavy atom. The van der Waals surface area contributed by atoms with E-state index in [2.05, 4.69) is 15.2 Å². The highest BCUT2D eigenvalue weighted by molar-refractivity contribution is 5.93. The summed E-state index contributed by atoms with van der Waals surface area (Å²) in [4.78, 5) is 31.2. The van der Waals surface area contributed by atoms with Gasteiger partial charge in [0.25, 0.3) is 5.91 Å². The van der Waals surface area contributed by atoms with Gasteiger partial charge in [0.2, 0.25) is 5.91 Å². The fourth-order valence-corrected chi connectivity index (χ4v) is 3.25. The van der Waals surface area contributed by atoms with Crippen LogP contribution in [0, 0.1) is 5.92 Å². The lowest BCUT2D eigenvalue weighted by atomic mass is 9.95. The summed E-state index contributed by atoms with van der Waals surface area (Å²) in [5, 5.41) is 3.37. The van der Waals surface area contributed by atoms with Crippen molar-refractivity contribution in [3.05, 3.63) is 35.4 Å². The van der Waals surface area contributed by atoms with Crippen LogP contribution >= 0.6 is 0 Å². The number of aliphatic imine (C=N–C) groups is 1. The SMILES string of the molecule is CN=C(NCc1ccc(C(=O)N(C)C)cc1)N1CCCC(CC(N)=O)C1. The summed E-state index contributed by atoms with van der Waals surface area (Å²) < 4.78 is 0. The number of hydrogen-bond donors (Lipinski definition) is 2. The number of rotatable bonds is 5. The first-order valence-electron chi connectivity index (χ1n) is 8.95. The largest absolute Gasteiger partial charge is 0.370 e. The minimum absolute atomic E-state index is 0.00544. The third kappa shape index (κ3) is 5.47. The fraction of sp³-hybridized carbons (Fsp3) is 0.526. The minimum atomic E-state index is -0.243. The summed E-state index contributed by atoms with van der Waals surface area (Å²) in [5.74, 6) is 0.866. The predicted molar refractivity (Wildman–Crippen MR) is 103 cm³/mol. The monoisotopic (exact) mass is 359 g/mol. The number of carbonyl (C=O) groups excluding carboxylic acids is 2. The molecule has 1 aliphatic rings. The van der Waals surface area contributed by atoms with Gasteiger partial charge in [-0.3, -0.25) is 14.6 Å². The fourth-order valence-electron chi connectivity index (χ4n) is 3.25. The average Bonchev–Trinajstić information content (AvgIpc) is 2.62. The number of nitrogens with two attached hydrogens (primary N) is 1. The highest BCUT2D eigenvalue weighted by Crippen LogP contribution is 2.19. The number of primary amides is 1. The molecule has 1 saturated heterocycles. The number of hydrogen-bond acceptors (Lipinski definition) is 3. The summed E-state index contributed by atoms with van der Waals surface area (Å²) in [6, 6.07) is 7.57. The molecule has 1 unspecified atom stereocenters. The first-order chi connectivity index (χ1) is 12.4. The van der Waals surface area contributed by atoms with Crippen LogP contribution in [0.2, 0.25) is 0 Å². The van der Waals surface area contributed by atoms with E-state index in [4.69, 9.17) is 5.73 Å². The maximum Gasteiger partial charge on any atom is 0.253 e. The van der Waals surface area contributed by atoms with E-state index in [1.165, 1.54) is 0 Å². The van der Waals surface area contributed by atoms with Gasteiger partial charge in [-0.2, -0.15) is 0 Å². The smallest absolute Gasteiger partial charge is 0.253 e. The van der Waals surface area contributed by atoms with Gasteiger partial charge >= 0.3 is 0 Å². The van der Waals surface area contributed by atoms with Crippen molar-refractivity contribution in [1.29, 1.82) is 0 Å². The Labute approximate surface area is 155 Å². The number of benzene rings is 1. The Morgan fingerprint density at radius 3 is 2.58 bits per heavy atom. The molecule has 26 heavy (non-hydrogen) atoms. The van der Waals surface area contributed by atoms with E-state index < -0.39 is 0 Å². The quantitative estimate of drug-likeness (QED) is 0.607. The molecule has 2 amide bonds. The summed E-state index contributed by atoms with van der Waals surface area (Å²) >= 11 is 0. The number of carbonyl (C=O) groups is 2. The lowest BCUT2D eigenvalue weighted by Crippen LogP contribution is -2.46. The Bertz CT molecular complexity index is 654. The van der Waals surface area contributed by atoms with Gasteiger partial charge in [-0.25, -0.2) is 0 Å². The van der Waals surface area contributed by atoms with E-state index in [0.29, 0.717) is 18.5 Å². The third-order valence-corrected chi connectivity index (χ3v) is 4.58. The predicted octanol–water partition coefficient (Wildman–Crippen LogP) is 1.05. The van der Waals surface area contributed by atoms with Crippen LogP contribution < -0.4 is 11.1 Å². The molecular weight excluding hydrogens is 330 g/mol. The van der Waals surface area contributed by atoms with Crippen LogP contribution in [0.5, 0.6) is 0 Å². The Kier molecular flexibility index (Phi) is 7.00. The summed E-state index contributed by atoms with van der Waals surface area (Å²) in [7, 11) is 5.25. The summed E-state index contributed by atoms with van der Waals surface area (Å²) in [5.41, 5.74) is 7.08. The van der Waals surface area contributed by atoms with E-state index in [9.17, 15) is 9.59 Å². The highest BCUT2D eigenvalue weighted by atomic mass is 16.2. The molecule has 0 spiro atoms. The van der Waals surface area contributed by atoms with Gasteiger partial charge in [-0.1, -0.05) is 12.1 Å². The van der Waals surface area contributed by atoms with Crippen LogP contribution in [0.15, 0.2) is 29.3 Å². The van der Waals surface area contributed by atoms with Crippen LogP contribution in [0.4, 0.5) is 0 Å². The number of nitrogens with zero attached hydrogens (tertiary/aromatic N) is 3. The van der Waals surface area contributed by atoms with Crippen molar-refractivity contribution in [1.82, 2.24) is 15.1 Å². The second-order valence-electron chi connectivity index (χ2n) is 6.92. The number of nitrogens with one attached hydrogen (secondary N) is 1. The molecule has 0 saturated carbocycles. The molecule has 2 rings (SSSR count). The average molecular weight is 359 g/mol. The zero-order chi connectivity index (χ0) is 19.1. The molecule has 1 fully saturated rings. The molecule has 0 radical (unpaired) electrons. The van der Waals surface area contributed by atoms with Gasteiger partial charge < -0.3 is 20.9 Å². The van der Waals surface area contributed by atoms with Crippen molar-refractivity contribution in [3.8, 4) is 0 Å². The molecule has 1 atom stereocenters. The van der Waals surface area contributed by atoms with Gasteiger partial charge in [0.05, 0.1) is 0 Å². The maximum atomic E-state index is 11.9. The van der Waals surface area contributed by atoms with Crippen LogP contribution in [0.3, 0.4) is 0 Å². The first-order valence-corrected chi connectivity index (χ1v) is 8.95. The molecule has 0 bridgehead atoms. The molecule has 7 heteroatoms.